The Hall–Kier alpha value is -1.84. The number of carbonyl (C=O) groups is 1. The SMILES string of the molecule is Cc1cc(C)c([C@@H](C)NC(=O)[C@@H]2CCCN(Cc3ccccc3Cl)C2)cc1C. The molecule has 2 aromatic rings. The van der Waals surface area contributed by atoms with Gasteiger partial charge in [-0.1, -0.05) is 41.9 Å². The van der Waals surface area contributed by atoms with Gasteiger partial charge in [-0.3, -0.25) is 9.69 Å². The first-order valence-corrected chi connectivity index (χ1v) is 10.6. The molecule has 1 aliphatic heterocycles. The van der Waals surface area contributed by atoms with Gasteiger partial charge in [-0.25, -0.2) is 0 Å². The summed E-state index contributed by atoms with van der Waals surface area (Å²) in [7, 11) is 0. The highest BCUT2D eigenvalue weighted by Gasteiger charge is 2.27. The Morgan fingerprint density at radius 3 is 2.64 bits per heavy atom. The van der Waals surface area contributed by atoms with Crippen molar-refractivity contribution in [1.82, 2.24) is 10.2 Å². The van der Waals surface area contributed by atoms with Crippen LogP contribution in [0.5, 0.6) is 0 Å². The number of hydrogen-bond donors (Lipinski definition) is 1. The highest BCUT2D eigenvalue weighted by Crippen LogP contribution is 2.25. The van der Waals surface area contributed by atoms with Crippen molar-refractivity contribution in [2.75, 3.05) is 13.1 Å². The van der Waals surface area contributed by atoms with Crippen LogP contribution in [0, 0.1) is 26.7 Å². The number of rotatable bonds is 5. The molecule has 0 spiro atoms. The fourth-order valence-electron chi connectivity index (χ4n) is 4.14. The molecule has 1 fully saturated rings. The van der Waals surface area contributed by atoms with Gasteiger partial charge in [-0.05, 0) is 81.0 Å². The Morgan fingerprint density at radius 2 is 1.89 bits per heavy atom. The summed E-state index contributed by atoms with van der Waals surface area (Å²) < 4.78 is 0. The predicted octanol–water partition coefficient (Wildman–Crippen LogP) is 5.35. The zero-order valence-electron chi connectivity index (χ0n) is 17.4. The van der Waals surface area contributed by atoms with E-state index in [-0.39, 0.29) is 17.9 Å². The quantitative estimate of drug-likeness (QED) is 0.735. The number of amides is 1. The van der Waals surface area contributed by atoms with Crippen molar-refractivity contribution in [2.45, 2.75) is 53.1 Å². The third-order valence-electron chi connectivity index (χ3n) is 5.94. The Labute approximate surface area is 174 Å². The summed E-state index contributed by atoms with van der Waals surface area (Å²) in [5, 5.41) is 4.06. The Bertz CT molecular complexity index is 848. The lowest BCUT2D eigenvalue weighted by molar-refractivity contribution is -0.127. The lowest BCUT2D eigenvalue weighted by Gasteiger charge is -2.33. The molecule has 2 aromatic carbocycles. The smallest absolute Gasteiger partial charge is 0.224 e. The number of aryl methyl sites for hydroxylation is 3. The molecule has 0 aromatic heterocycles. The van der Waals surface area contributed by atoms with E-state index >= 15 is 0 Å². The first-order chi connectivity index (χ1) is 13.3. The first-order valence-electron chi connectivity index (χ1n) is 10.2. The highest BCUT2D eigenvalue weighted by molar-refractivity contribution is 6.31. The van der Waals surface area contributed by atoms with Crippen molar-refractivity contribution in [3.05, 3.63) is 69.2 Å². The summed E-state index contributed by atoms with van der Waals surface area (Å²) in [6.07, 6.45) is 1.99. The van der Waals surface area contributed by atoms with Crippen molar-refractivity contribution < 1.29 is 4.79 Å². The van der Waals surface area contributed by atoms with Gasteiger partial charge in [0.2, 0.25) is 5.91 Å². The van der Waals surface area contributed by atoms with Gasteiger partial charge in [0.05, 0.1) is 12.0 Å². The summed E-state index contributed by atoms with van der Waals surface area (Å²) in [4.78, 5) is 15.3. The number of benzene rings is 2. The monoisotopic (exact) mass is 398 g/mol. The van der Waals surface area contributed by atoms with Gasteiger partial charge in [-0.2, -0.15) is 0 Å². The zero-order valence-corrected chi connectivity index (χ0v) is 18.1. The van der Waals surface area contributed by atoms with E-state index in [1.54, 1.807) is 0 Å². The average molecular weight is 399 g/mol. The molecule has 0 radical (unpaired) electrons. The van der Waals surface area contributed by atoms with Crippen molar-refractivity contribution in [1.29, 1.82) is 0 Å². The summed E-state index contributed by atoms with van der Waals surface area (Å²) in [5.74, 6) is 0.194. The molecule has 4 heteroatoms. The van der Waals surface area contributed by atoms with E-state index in [9.17, 15) is 4.79 Å². The van der Waals surface area contributed by atoms with Gasteiger partial charge >= 0.3 is 0 Å². The molecule has 28 heavy (non-hydrogen) atoms. The topological polar surface area (TPSA) is 32.3 Å². The number of halogens is 1. The minimum Gasteiger partial charge on any atom is -0.349 e. The van der Waals surface area contributed by atoms with Gasteiger partial charge in [0.1, 0.15) is 0 Å². The van der Waals surface area contributed by atoms with Crippen molar-refractivity contribution in [2.24, 2.45) is 5.92 Å². The maximum atomic E-state index is 12.9. The van der Waals surface area contributed by atoms with E-state index in [4.69, 9.17) is 11.6 Å². The van der Waals surface area contributed by atoms with Crippen LogP contribution >= 0.6 is 11.6 Å². The molecule has 1 N–H and O–H groups in total. The maximum Gasteiger partial charge on any atom is 0.224 e. The van der Waals surface area contributed by atoms with E-state index in [0.29, 0.717) is 0 Å². The molecule has 150 valence electrons. The van der Waals surface area contributed by atoms with Crippen LogP contribution in [0.1, 0.15) is 53.6 Å². The van der Waals surface area contributed by atoms with Crippen LogP contribution in [0.15, 0.2) is 36.4 Å². The molecule has 0 saturated carbocycles. The first kappa shape index (κ1) is 20.9. The van der Waals surface area contributed by atoms with Gasteiger partial charge < -0.3 is 5.32 Å². The Morgan fingerprint density at radius 1 is 1.18 bits per heavy atom. The standard InChI is InChI=1S/C24H31ClN2O/c1-16-12-18(3)22(13-17(16)2)19(4)26-24(28)21-9-7-11-27(15-21)14-20-8-5-6-10-23(20)25/h5-6,8,10,12-13,19,21H,7,9,11,14-15H2,1-4H3,(H,26,28)/t19-,21-/m1/s1. The van der Waals surface area contributed by atoms with E-state index in [0.717, 1.165) is 43.1 Å². The third-order valence-corrected chi connectivity index (χ3v) is 6.30. The zero-order chi connectivity index (χ0) is 20.3. The maximum absolute atomic E-state index is 12.9. The molecular formula is C24H31ClN2O. The molecule has 3 nitrogen and oxygen atoms in total. The van der Waals surface area contributed by atoms with Crippen LogP contribution in [0.25, 0.3) is 0 Å². The van der Waals surface area contributed by atoms with Gasteiger partial charge in [0.25, 0.3) is 0 Å². The summed E-state index contributed by atoms with van der Waals surface area (Å²) in [6.45, 7) is 11.1. The van der Waals surface area contributed by atoms with Crippen LogP contribution in [-0.2, 0) is 11.3 Å². The summed E-state index contributed by atoms with van der Waals surface area (Å²) >= 11 is 6.31. The second kappa shape index (κ2) is 9.11. The van der Waals surface area contributed by atoms with Crippen molar-refractivity contribution in [3.8, 4) is 0 Å². The molecule has 1 amide bonds. The normalized spacial score (nSPS) is 18.7. The van der Waals surface area contributed by atoms with Gasteiger partial charge in [0.15, 0.2) is 0 Å². The van der Waals surface area contributed by atoms with E-state index < -0.39 is 0 Å². The second-order valence-corrected chi connectivity index (χ2v) is 8.60. The van der Waals surface area contributed by atoms with Crippen LogP contribution < -0.4 is 5.32 Å². The fraction of sp³-hybridized carbons (Fsp3) is 0.458. The number of carbonyl (C=O) groups excluding carboxylic acids is 1. The second-order valence-electron chi connectivity index (χ2n) is 8.19. The van der Waals surface area contributed by atoms with Crippen LogP contribution in [0.2, 0.25) is 5.02 Å². The lowest BCUT2D eigenvalue weighted by Crippen LogP contribution is -2.43. The van der Waals surface area contributed by atoms with E-state index in [2.05, 4.69) is 56.1 Å². The molecule has 3 rings (SSSR count). The number of nitrogens with zero attached hydrogens (tertiary/aromatic N) is 1. The highest BCUT2D eigenvalue weighted by atomic mass is 35.5. The van der Waals surface area contributed by atoms with Crippen LogP contribution in [0.4, 0.5) is 0 Å². The Kier molecular flexibility index (Phi) is 6.79. The van der Waals surface area contributed by atoms with Gasteiger partial charge in [-0.15, -0.1) is 0 Å². The Balaban J connectivity index is 1.62. The van der Waals surface area contributed by atoms with Crippen molar-refractivity contribution in [3.63, 3.8) is 0 Å². The molecule has 1 heterocycles. The number of piperidine rings is 1. The molecular weight excluding hydrogens is 368 g/mol. The lowest BCUT2D eigenvalue weighted by atomic mass is 9.94. The predicted molar refractivity (Wildman–Crippen MR) is 117 cm³/mol. The molecule has 0 unspecified atom stereocenters. The molecule has 0 bridgehead atoms. The summed E-state index contributed by atoms with van der Waals surface area (Å²) in [6, 6.07) is 12.4. The van der Waals surface area contributed by atoms with Crippen LogP contribution in [-0.4, -0.2) is 23.9 Å². The summed E-state index contributed by atoms with van der Waals surface area (Å²) in [5.41, 5.74) is 6.14. The van der Waals surface area contributed by atoms with E-state index in [1.807, 2.05) is 18.2 Å². The molecule has 1 aliphatic rings. The number of hydrogen-bond acceptors (Lipinski definition) is 2. The van der Waals surface area contributed by atoms with Crippen LogP contribution in [0.3, 0.4) is 0 Å². The number of likely N-dealkylation sites (tertiary alicyclic amines) is 1. The van der Waals surface area contributed by atoms with Gasteiger partial charge in [0, 0.05) is 18.1 Å². The van der Waals surface area contributed by atoms with E-state index in [1.165, 1.54) is 22.3 Å². The molecule has 1 saturated heterocycles. The number of nitrogens with one attached hydrogen (secondary N) is 1. The molecule has 0 aliphatic carbocycles. The largest absolute Gasteiger partial charge is 0.349 e. The minimum atomic E-state index is 0.0192. The third kappa shape index (κ3) is 4.95. The average Bonchev–Trinajstić information content (AvgIpc) is 2.66. The fourth-order valence-corrected chi connectivity index (χ4v) is 4.33. The minimum absolute atomic E-state index is 0.0192. The molecule has 2 atom stereocenters. The van der Waals surface area contributed by atoms with Crippen molar-refractivity contribution >= 4 is 17.5 Å².